The van der Waals surface area contributed by atoms with Crippen LogP contribution in [0.1, 0.15) is 75.7 Å². The van der Waals surface area contributed by atoms with Gasteiger partial charge in [0, 0.05) is 35.7 Å². The van der Waals surface area contributed by atoms with E-state index in [0.717, 1.165) is 13.1 Å². The van der Waals surface area contributed by atoms with Gasteiger partial charge in [0.1, 0.15) is 0 Å². The average molecular weight is 438 g/mol. The molecule has 1 aromatic carbocycles. The number of halogens is 2. The maximum Gasteiger partial charge on any atom is 0.0561 e. The lowest BCUT2D eigenvalue weighted by molar-refractivity contribution is -0.0355. The number of nitrogens with zero attached hydrogens (tertiary/aromatic N) is 2. The number of fused-ring (bicyclic) bond motifs is 3. The Morgan fingerprint density at radius 3 is 2.76 bits per heavy atom. The van der Waals surface area contributed by atoms with Gasteiger partial charge < -0.3 is 9.88 Å². The highest BCUT2D eigenvalue weighted by molar-refractivity contribution is 5.86. The molecule has 0 saturated carbocycles. The molecule has 3 aliphatic heterocycles. The smallest absolute Gasteiger partial charge is 0.0561 e. The molecular weight excluding hydrogens is 401 g/mol. The van der Waals surface area contributed by atoms with Crippen molar-refractivity contribution in [2.45, 2.75) is 70.9 Å². The molecule has 1 aromatic heterocycles. The predicted molar refractivity (Wildman–Crippen MR) is 128 cm³/mol. The van der Waals surface area contributed by atoms with Gasteiger partial charge in [-0.15, -0.1) is 24.8 Å². The van der Waals surface area contributed by atoms with Crippen molar-refractivity contribution < 1.29 is 0 Å². The quantitative estimate of drug-likeness (QED) is 0.566. The van der Waals surface area contributed by atoms with Gasteiger partial charge in [-0.05, 0) is 68.7 Å². The van der Waals surface area contributed by atoms with Crippen molar-refractivity contribution in [1.29, 1.82) is 0 Å². The molecule has 1 N–H and O–H groups in total. The van der Waals surface area contributed by atoms with Gasteiger partial charge in [0.15, 0.2) is 0 Å². The Bertz CT molecular complexity index is 833. The summed E-state index contributed by atoms with van der Waals surface area (Å²) in [6, 6.07) is 10.5. The summed E-state index contributed by atoms with van der Waals surface area (Å²) in [5.41, 5.74) is 5.33. The van der Waals surface area contributed by atoms with E-state index in [2.05, 4.69) is 52.9 Å². The van der Waals surface area contributed by atoms with Crippen LogP contribution in [0.5, 0.6) is 0 Å². The molecule has 3 atom stereocenters. The molecule has 0 aliphatic carbocycles. The lowest BCUT2D eigenvalue weighted by Crippen LogP contribution is -2.53. The first kappa shape index (κ1) is 22.9. The van der Waals surface area contributed by atoms with Gasteiger partial charge in [-0.25, -0.2) is 0 Å². The van der Waals surface area contributed by atoms with Crippen molar-refractivity contribution in [3.05, 3.63) is 35.5 Å². The van der Waals surface area contributed by atoms with Crippen LogP contribution in [0.15, 0.2) is 24.3 Å². The summed E-state index contributed by atoms with van der Waals surface area (Å²) in [6.45, 7) is 9.57. The van der Waals surface area contributed by atoms with E-state index < -0.39 is 0 Å². The van der Waals surface area contributed by atoms with Gasteiger partial charge in [0.25, 0.3) is 0 Å². The van der Waals surface area contributed by atoms with Gasteiger partial charge >= 0.3 is 0 Å². The minimum atomic E-state index is 0. The lowest BCUT2D eigenvalue weighted by Gasteiger charge is -2.57. The fourth-order valence-corrected chi connectivity index (χ4v) is 6.57. The van der Waals surface area contributed by atoms with Gasteiger partial charge in [0.2, 0.25) is 0 Å². The van der Waals surface area contributed by atoms with Crippen molar-refractivity contribution in [2.24, 2.45) is 5.41 Å². The zero-order valence-electron chi connectivity index (χ0n) is 18.0. The molecule has 29 heavy (non-hydrogen) atoms. The Hall–Kier alpha value is -0.740. The zero-order valence-corrected chi connectivity index (χ0v) is 19.6. The van der Waals surface area contributed by atoms with E-state index >= 15 is 0 Å². The van der Waals surface area contributed by atoms with Crippen LogP contribution in [0.2, 0.25) is 0 Å². The summed E-state index contributed by atoms with van der Waals surface area (Å²) in [6.07, 6.45) is 9.25. The third-order valence-electron chi connectivity index (χ3n) is 7.83. The molecule has 1 fully saturated rings. The number of piperidine rings is 1. The van der Waals surface area contributed by atoms with Crippen LogP contribution >= 0.6 is 24.8 Å². The summed E-state index contributed by atoms with van der Waals surface area (Å²) in [7, 11) is 0. The summed E-state index contributed by atoms with van der Waals surface area (Å²) in [5.74, 6) is 0. The first-order valence-electron chi connectivity index (χ1n) is 11.4. The number of aromatic nitrogens is 1. The van der Waals surface area contributed by atoms with Crippen molar-refractivity contribution in [1.82, 2.24) is 14.8 Å². The van der Waals surface area contributed by atoms with Gasteiger partial charge in [0.05, 0.1) is 6.04 Å². The lowest BCUT2D eigenvalue weighted by atomic mass is 9.63. The van der Waals surface area contributed by atoms with Crippen LogP contribution in [-0.4, -0.2) is 35.6 Å². The first-order valence-corrected chi connectivity index (χ1v) is 11.4. The highest BCUT2D eigenvalue weighted by Gasteiger charge is 2.52. The summed E-state index contributed by atoms with van der Waals surface area (Å²) in [5, 5.41) is 5.33. The van der Waals surface area contributed by atoms with Gasteiger partial charge in [-0.3, -0.25) is 4.90 Å². The number of para-hydroxylation sites is 1. The Balaban J connectivity index is 0.00000120. The monoisotopic (exact) mass is 437 g/mol. The molecule has 5 heteroatoms. The van der Waals surface area contributed by atoms with Gasteiger partial charge in [-0.1, -0.05) is 38.5 Å². The van der Waals surface area contributed by atoms with Crippen LogP contribution < -0.4 is 5.32 Å². The van der Waals surface area contributed by atoms with Crippen LogP contribution in [0, 0.1) is 5.41 Å². The van der Waals surface area contributed by atoms with Crippen molar-refractivity contribution in [3.63, 3.8) is 0 Å². The Morgan fingerprint density at radius 1 is 1.14 bits per heavy atom. The van der Waals surface area contributed by atoms with E-state index in [0.29, 0.717) is 17.5 Å². The molecule has 162 valence electrons. The van der Waals surface area contributed by atoms with E-state index in [9.17, 15) is 0 Å². The van der Waals surface area contributed by atoms with Crippen LogP contribution in [0.3, 0.4) is 0 Å². The van der Waals surface area contributed by atoms with E-state index in [4.69, 9.17) is 0 Å². The van der Waals surface area contributed by atoms with Crippen molar-refractivity contribution >= 4 is 35.7 Å². The average Bonchev–Trinajstić information content (AvgIpc) is 3.05. The molecule has 3 nitrogen and oxygen atoms in total. The fourth-order valence-electron chi connectivity index (χ4n) is 6.57. The fraction of sp³-hybridized carbons (Fsp3) is 0.667. The van der Waals surface area contributed by atoms with E-state index in [1.54, 1.807) is 11.3 Å². The molecule has 5 rings (SSSR count). The molecule has 0 bridgehead atoms. The second-order valence-electron chi connectivity index (χ2n) is 9.17. The molecule has 0 spiro atoms. The molecule has 3 aliphatic rings. The molecule has 0 radical (unpaired) electrons. The second-order valence-corrected chi connectivity index (χ2v) is 9.17. The molecular formula is C24H37Cl2N3. The van der Waals surface area contributed by atoms with Crippen molar-refractivity contribution in [3.8, 4) is 0 Å². The standard InChI is InChI=1S/C24H35N3.2ClH/c1-3-5-13-25-17-18-16-24(4-2)12-8-14-26-15-11-20-19-9-6-7-10-21(19)27(18)22(20)23(24)26;;/h6-7,9-10,18,23,25H,3-5,8,11-17H2,1-2H3;2*1H/t18?,23-,24+;;/m1../s1. The molecule has 1 unspecified atom stereocenters. The summed E-state index contributed by atoms with van der Waals surface area (Å²) in [4.78, 5) is 2.84. The van der Waals surface area contributed by atoms with Crippen LogP contribution in [0.25, 0.3) is 10.9 Å². The minimum absolute atomic E-state index is 0. The third-order valence-corrected chi connectivity index (χ3v) is 7.83. The third kappa shape index (κ3) is 3.52. The Morgan fingerprint density at radius 2 is 1.97 bits per heavy atom. The zero-order chi connectivity index (χ0) is 18.4. The number of hydrogen-bond donors (Lipinski definition) is 1. The number of benzene rings is 1. The van der Waals surface area contributed by atoms with E-state index in [1.165, 1.54) is 68.9 Å². The largest absolute Gasteiger partial charge is 0.338 e. The highest BCUT2D eigenvalue weighted by atomic mass is 35.5. The number of hydrogen-bond acceptors (Lipinski definition) is 2. The normalized spacial score (nSPS) is 27.8. The van der Waals surface area contributed by atoms with E-state index in [1.807, 2.05) is 0 Å². The molecule has 2 aromatic rings. The van der Waals surface area contributed by atoms with E-state index in [-0.39, 0.29) is 24.8 Å². The Labute approximate surface area is 188 Å². The number of rotatable bonds is 6. The number of unbranched alkanes of at least 4 members (excludes halogenated alkanes) is 1. The molecule has 0 amide bonds. The predicted octanol–water partition coefficient (Wildman–Crippen LogP) is 5.91. The SMILES string of the molecule is CCCCNCC1C[C@]2(CC)CCCN3CCc4c(n1c1ccccc41)[C@@H]32.Cl.Cl. The number of nitrogens with one attached hydrogen (secondary N) is 1. The highest BCUT2D eigenvalue weighted by Crippen LogP contribution is 2.59. The molecule has 1 saturated heterocycles. The Kier molecular flexibility index (Phi) is 7.26. The molecule has 4 heterocycles. The van der Waals surface area contributed by atoms with Crippen molar-refractivity contribution in [2.75, 3.05) is 26.2 Å². The maximum atomic E-state index is 3.80. The topological polar surface area (TPSA) is 20.2 Å². The first-order chi connectivity index (χ1) is 13.3. The summed E-state index contributed by atoms with van der Waals surface area (Å²) >= 11 is 0. The van der Waals surface area contributed by atoms with Gasteiger partial charge in [-0.2, -0.15) is 0 Å². The van der Waals surface area contributed by atoms with Crippen LogP contribution in [0.4, 0.5) is 0 Å². The minimum Gasteiger partial charge on any atom is -0.338 e. The summed E-state index contributed by atoms with van der Waals surface area (Å²) < 4.78 is 2.78. The maximum absolute atomic E-state index is 3.80. The second kappa shape index (κ2) is 9.18. The van der Waals surface area contributed by atoms with Crippen LogP contribution in [-0.2, 0) is 6.42 Å².